The van der Waals surface area contributed by atoms with Gasteiger partial charge in [0.25, 0.3) is 0 Å². The highest BCUT2D eigenvalue weighted by atomic mass is 35.5. The molecule has 5 nitrogen and oxygen atoms in total. The quantitative estimate of drug-likeness (QED) is 0.244. The van der Waals surface area contributed by atoms with Gasteiger partial charge in [0.1, 0.15) is 33.6 Å². The van der Waals surface area contributed by atoms with Crippen LogP contribution in [0.3, 0.4) is 0 Å². The number of pyridine rings is 2. The summed E-state index contributed by atoms with van der Waals surface area (Å²) in [5.41, 5.74) is 9.73. The Bertz CT molecular complexity index is 1720. The maximum absolute atomic E-state index is 10.3. The number of rotatable bonds is 5. The molecule has 8 heteroatoms. The van der Waals surface area contributed by atoms with Crippen molar-refractivity contribution in [2.45, 2.75) is 26.8 Å². The average Bonchev–Trinajstić information content (AvgIpc) is 2.90. The van der Waals surface area contributed by atoms with Gasteiger partial charge in [0.2, 0.25) is 0 Å². The summed E-state index contributed by atoms with van der Waals surface area (Å²) in [7, 11) is 0. The minimum Gasteiger partial charge on any atom is -0.383 e. The van der Waals surface area contributed by atoms with E-state index in [1.165, 1.54) is 23.5 Å². The number of fused-ring (bicyclic) bond motifs is 1. The van der Waals surface area contributed by atoms with E-state index in [2.05, 4.69) is 17.1 Å². The van der Waals surface area contributed by atoms with Crippen molar-refractivity contribution in [2.75, 3.05) is 5.73 Å². The van der Waals surface area contributed by atoms with Gasteiger partial charge in [-0.15, -0.1) is 0 Å². The number of nitrogens with zero attached hydrogens (tertiary/aromatic N) is 4. The zero-order chi connectivity index (χ0) is 25.9. The molecule has 2 aromatic heterocycles. The molecule has 0 aliphatic heterocycles. The lowest BCUT2D eigenvalue weighted by Gasteiger charge is -2.16. The molecule has 5 aromatic rings. The number of anilines is 1. The van der Waals surface area contributed by atoms with E-state index in [4.69, 9.17) is 22.3 Å². The number of hydrogen-bond donors (Lipinski definition) is 1. The van der Waals surface area contributed by atoms with Crippen molar-refractivity contribution >= 4 is 51.8 Å². The van der Waals surface area contributed by atoms with Gasteiger partial charge in [-0.1, -0.05) is 65.0 Å². The smallest absolute Gasteiger partial charge is 0.143 e. The molecule has 0 bridgehead atoms. The Hall–Kier alpha value is -4.01. The first-order chi connectivity index (χ1) is 18.0. The van der Waals surface area contributed by atoms with Gasteiger partial charge in [0.05, 0.1) is 11.1 Å². The highest BCUT2D eigenvalue weighted by Gasteiger charge is 2.24. The Kier molecular flexibility index (Phi) is 7.03. The number of hydrogen-bond acceptors (Lipinski definition) is 7. The molecule has 0 saturated carbocycles. The molecule has 0 atom stereocenters. The lowest BCUT2D eigenvalue weighted by molar-refractivity contribution is 1.10. The Labute approximate surface area is 227 Å². The Morgan fingerprint density at radius 3 is 2.16 bits per heavy atom. The fourth-order valence-electron chi connectivity index (χ4n) is 3.89. The van der Waals surface area contributed by atoms with Crippen LogP contribution in [0.2, 0.25) is 5.02 Å². The molecule has 3 aromatic carbocycles. The second-order valence-electron chi connectivity index (χ2n) is 8.16. The Morgan fingerprint density at radius 1 is 0.784 bits per heavy atom. The molecule has 2 N–H and O–H groups in total. The maximum Gasteiger partial charge on any atom is 0.143 e. The standard InChI is InChI=1S/C29H18ClN5S2/c1-17-7-12-25-18(13-17)14-22(28(34-25)36-20-5-3-2-4-6-20)26-23(15-31)27(33)35-29(24(26)16-32)37-21-10-8-19(30)9-11-21/h2-14H,1H3,(H2,33,35). The van der Waals surface area contributed by atoms with Gasteiger partial charge in [0.15, 0.2) is 0 Å². The lowest BCUT2D eigenvalue weighted by Crippen LogP contribution is -2.04. The number of halogens is 1. The lowest BCUT2D eigenvalue weighted by atomic mass is 9.96. The summed E-state index contributed by atoms with van der Waals surface area (Å²) < 4.78 is 0. The van der Waals surface area contributed by atoms with E-state index in [1.807, 2.05) is 73.7 Å². The highest BCUT2D eigenvalue weighted by molar-refractivity contribution is 7.99. The van der Waals surface area contributed by atoms with Gasteiger partial charge in [-0.3, -0.25) is 0 Å². The van der Waals surface area contributed by atoms with Crippen LogP contribution in [0, 0.1) is 29.6 Å². The molecule has 0 amide bonds. The molecule has 0 spiro atoms. The first kappa shape index (κ1) is 24.7. The van der Waals surface area contributed by atoms with Crippen LogP contribution in [-0.4, -0.2) is 9.97 Å². The van der Waals surface area contributed by atoms with Gasteiger partial charge >= 0.3 is 0 Å². The van der Waals surface area contributed by atoms with Crippen LogP contribution in [0.1, 0.15) is 16.7 Å². The third kappa shape index (κ3) is 5.12. The van der Waals surface area contributed by atoms with Crippen molar-refractivity contribution in [3.05, 3.63) is 101 Å². The molecule has 0 unspecified atom stereocenters. The van der Waals surface area contributed by atoms with Gasteiger partial charge in [-0.05, 0) is 61.5 Å². The molecule has 5 rings (SSSR count). The molecule has 0 saturated heterocycles. The van der Waals surface area contributed by atoms with Crippen LogP contribution in [0.15, 0.2) is 98.7 Å². The van der Waals surface area contributed by atoms with E-state index in [0.29, 0.717) is 26.2 Å². The zero-order valence-electron chi connectivity index (χ0n) is 19.6. The summed E-state index contributed by atoms with van der Waals surface area (Å²) in [6.45, 7) is 2.01. The van der Waals surface area contributed by atoms with Crippen molar-refractivity contribution in [2.24, 2.45) is 0 Å². The molecule has 0 fully saturated rings. The number of benzene rings is 3. The Morgan fingerprint density at radius 2 is 1.46 bits per heavy atom. The van der Waals surface area contributed by atoms with Crippen LogP contribution in [0.5, 0.6) is 0 Å². The molecular formula is C29H18ClN5S2. The van der Waals surface area contributed by atoms with Gasteiger partial charge in [0, 0.05) is 31.3 Å². The fraction of sp³-hybridized carbons (Fsp3) is 0.0345. The Balaban J connectivity index is 1.78. The van der Waals surface area contributed by atoms with Crippen LogP contribution in [0.25, 0.3) is 22.0 Å². The van der Waals surface area contributed by atoms with Crippen LogP contribution in [0.4, 0.5) is 5.82 Å². The van der Waals surface area contributed by atoms with Gasteiger partial charge < -0.3 is 5.73 Å². The summed E-state index contributed by atoms with van der Waals surface area (Å²) >= 11 is 8.81. The van der Waals surface area contributed by atoms with E-state index < -0.39 is 0 Å². The predicted molar refractivity (Wildman–Crippen MR) is 150 cm³/mol. The third-order valence-electron chi connectivity index (χ3n) is 5.61. The fourth-order valence-corrected chi connectivity index (χ4v) is 5.84. The van der Waals surface area contributed by atoms with Crippen molar-refractivity contribution in [3.8, 4) is 23.3 Å². The second-order valence-corrected chi connectivity index (χ2v) is 10.7. The van der Waals surface area contributed by atoms with E-state index in [1.54, 1.807) is 12.1 Å². The van der Waals surface area contributed by atoms with Gasteiger partial charge in [-0.2, -0.15) is 10.5 Å². The van der Waals surface area contributed by atoms with Crippen molar-refractivity contribution in [1.82, 2.24) is 9.97 Å². The van der Waals surface area contributed by atoms with E-state index in [-0.39, 0.29) is 16.9 Å². The average molecular weight is 536 g/mol. The first-order valence-electron chi connectivity index (χ1n) is 11.2. The van der Waals surface area contributed by atoms with E-state index in [9.17, 15) is 10.5 Å². The van der Waals surface area contributed by atoms with Crippen LogP contribution >= 0.6 is 35.1 Å². The molecular weight excluding hydrogens is 518 g/mol. The molecule has 0 aliphatic rings. The minimum absolute atomic E-state index is 0.0629. The van der Waals surface area contributed by atoms with Crippen molar-refractivity contribution < 1.29 is 0 Å². The second kappa shape index (κ2) is 10.5. The van der Waals surface area contributed by atoms with E-state index >= 15 is 0 Å². The van der Waals surface area contributed by atoms with Gasteiger partial charge in [-0.25, -0.2) is 9.97 Å². The number of nitriles is 2. The minimum atomic E-state index is 0.0629. The zero-order valence-corrected chi connectivity index (χ0v) is 22.0. The van der Waals surface area contributed by atoms with E-state index in [0.717, 1.165) is 26.3 Å². The molecule has 37 heavy (non-hydrogen) atoms. The van der Waals surface area contributed by atoms with Crippen LogP contribution in [-0.2, 0) is 0 Å². The highest BCUT2D eigenvalue weighted by Crippen LogP contribution is 2.43. The maximum atomic E-state index is 10.3. The largest absolute Gasteiger partial charge is 0.383 e. The number of nitrogens with two attached hydrogens (primary N) is 1. The molecule has 0 radical (unpaired) electrons. The SMILES string of the molecule is Cc1ccc2nc(Sc3ccccc3)c(-c3c(C#N)c(N)nc(Sc4ccc(Cl)cc4)c3C#N)cc2c1. The topological polar surface area (TPSA) is 99.4 Å². The van der Waals surface area contributed by atoms with Crippen molar-refractivity contribution in [1.29, 1.82) is 10.5 Å². The van der Waals surface area contributed by atoms with Crippen LogP contribution < -0.4 is 5.73 Å². The molecule has 178 valence electrons. The summed E-state index contributed by atoms with van der Waals surface area (Å²) in [6.07, 6.45) is 0. The third-order valence-corrected chi connectivity index (χ3v) is 7.87. The summed E-state index contributed by atoms with van der Waals surface area (Å²) in [5.74, 6) is 0.0629. The first-order valence-corrected chi connectivity index (χ1v) is 13.2. The number of nitrogen functional groups attached to an aromatic ring is 1. The number of aryl methyl sites for hydroxylation is 1. The summed E-state index contributed by atoms with van der Waals surface area (Å²) in [6, 6.07) is 29.6. The summed E-state index contributed by atoms with van der Waals surface area (Å²) in [4.78, 5) is 11.2. The predicted octanol–water partition coefficient (Wildman–Crippen LogP) is 7.89. The normalized spacial score (nSPS) is 10.7. The molecule has 0 aliphatic carbocycles. The monoisotopic (exact) mass is 535 g/mol. The molecule has 2 heterocycles. The number of aromatic nitrogens is 2. The van der Waals surface area contributed by atoms with Crippen molar-refractivity contribution in [3.63, 3.8) is 0 Å². The summed E-state index contributed by atoms with van der Waals surface area (Å²) in [5, 5.41) is 23.0.